The van der Waals surface area contributed by atoms with Gasteiger partial charge in [0.25, 0.3) is 0 Å². The molecule has 0 radical (unpaired) electrons. The summed E-state index contributed by atoms with van der Waals surface area (Å²) in [4.78, 5) is 0. The molecule has 0 unspecified atom stereocenters. The van der Waals surface area contributed by atoms with Crippen molar-refractivity contribution < 1.29 is 9.84 Å². The highest BCUT2D eigenvalue weighted by molar-refractivity contribution is 6.32. The van der Waals surface area contributed by atoms with Crippen molar-refractivity contribution in [2.45, 2.75) is 52.7 Å². The molecule has 2 N–H and O–H groups in total. The van der Waals surface area contributed by atoms with Crippen LogP contribution in [0.15, 0.2) is 24.3 Å². The molecule has 3 nitrogen and oxygen atoms in total. The van der Waals surface area contributed by atoms with Gasteiger partial charge in [-0.05, 0) is 37.8 Å². The topological polar surface area (TPSA) is 41.5 Å². The Bertz CT molecular complexity index is 441. The predicted molar refractivity (Wildman–Crippen MR) is 89.1 cm³/mol. The molecule has 120 valence electrons. The molecule has 0 amide bonds. The molecule has 4 heteroatoms. The Kier molecular flexibility index (Phi) is 6.51. The molecule has 0 bridgehead atoms. The van der Waals surface area contributed by atoms with E-state index in [1.165, 1.54) is 0 Å². The molecule has 0 fully saturated rings. The molecule has 1 aromatic rings. The number of para-hydroxylation sites is 1. The van der Waals surface area contributed by atoms with Crippen molar-refractivity contribution in [3.8, 4) is 5.75 Å². The first-order valence-electron chi connectivity index (χ1n) is 7.39. The second kappa shape index (κ2) is 7.48. The molecule has 1 atom stereocenters. The van der Waals surface area contributed by atoms with Crippen LogP contribution < -0.4 is 10.1 Å². The number of rotatable bonds is 7. The van der Waals surface area contributed by atoms with Crippen molar-refractivity contribution in [1.82, 2.24) is 5.32 Å². The van der Waals surface area contributed by atoms with Gasteiger partial charge in [0.2, 0.25) is 0 Å². The average Bonchev–Trinajstić information content (AvgIpc) is 2.33. The van der Waals surface area contributed by atoms with Crippen LogP contribution in [0.1, 0.15) is 41.0 Å². The summed E-state index contributed by atoms with van der Waals surface area (Å²) >= 11 is 6.01. The van der Waals surface area contributed by atoms with Gasteiger partial charge in [0.1, 0.15) is 18.5 Å². The fraction of sp³-hybridized carbons (Fsp3) is 0.647. The number of hydrogen-bond donors (Lipinski definition) is 2. The number of ether oxygens (including phenoxy) is 1. The van der Waals surface area contributed by atoms with E-state index in [0.29, 0.717) is 17.3 Å². The highest BCUT2D eigenvalue weighted by atomic mass is 35.5. The molecule has 0 saturated heterocycles. The molecule has 0 spiro atoms. The summed E-state index contributed by atoms with van der Waals surface area (Å²) in [5.41, 5.74) is 0.221. The number of nitrogens with one attached hydrogen (secondary N) is 1. The van der Waals surface area contributed by atoms with Gasteiger partial charge >= 0.3 is 0 Å². The maximum absolute atomic E-state index is 10.0. The molecular formula is C17H28ClNO2. The Labute approximate surface area is 133 Å². The minimum atomic E-state index is -0.569. The third kappa shape index (κ3) is 7.70. The minimum Gasteiger partial charge on any atom is -0.489 e. The van der Waals surface area contributed by atoms with Gasteiger partial charge in [0.15, 0.2) is 0 Å². The van der Waals surface area contributed by atoms with E-state index in [4.69, 9.17) is 16.3 Å². The van der Waals surface area contributed by atoms with Crippen LogP contribution in [0.25, 0.3) is 0 Å². The largest absolute Gasteiger partial charge is 0.489 e. The standard InChI is InChI=1S/C17H28ClNO2/c1-16(2,3)12-17(4,5)19-10-13(20)11-21-15-9-7-6-8-14(15)18/h6-9,13,19-20H,10-12H2,1-5H3/t13-/m1/s1. The lowest BCUT2D eigenvalue weighted by molar-refractivity contribution is 0.0944. The van der Waals surface area contributed by atoms with Crippen LogP contribution in [0.4, 0.5) is 0 Å². The van der Waals surface area contributed by atoms with Gasteiger partial charge < -0.3 is 15.2 Å². The fourth-order valence-corrected chi connectivity index (χ4v) is 2.78. The summed E-state index contributed by atoms with van der Waals surface area (Å²) < 4.78 is 5.54. The van der Waals surface area contributed by atoms with E-state index in [-0.39, 0.29) is 17.6 Å². The summed E-state index contributed by atoms with van der Waals surface area (Å²) in [6, 6.07) is 7.28. The molecular weight excluding hydrogens is 286 g/mol. The van der Waals surface area contributed by atoms with Crippen LogP contribution in [0.5, 0.6) is 5.75 Å². The molecule has 1 rings (SSSR count). The Balaban J connectivity index is 2.37. The Hall–Kier alpha value is -0.770. The highest BCUT2D eigenvalue weighted by Crippen LogP contribution is 2.27. The molecule has 0 aliphatic heterocycles. The third-order valence-corrected chi connectivity index (χ3v) is 3.37. The predicted octanol–water partition coefficient (Wildman–Crippen LogP) is 3.88. The van der Waals surface area contributed by atoms with E-state index in [1.807, 2.05) is 12.1 Å². The maximum Gasteiger partial charge on any atom is 0.138 e. The van der Waals surface area contributed by atoms with Gasteiger partial charge in [-0.2, -0.15) is 0 Å². The first kappa shape index (κ1) is 18.3. The van der Waals surface area contributed by atoms with E-state index < -0.39 is 6.10 Å². The maximum atomic E-state index is 10.0. The monoisotopic (exact) mass is 313 g/mol. The zero-order valence-corrected chi connectivity index (χ0v) is 14.5. The average molecular weight is 314 g/mol. The van der Waals surface area contributed by atoms with Crippen LogP contribution in [-0.4, -0.2) is 29.9 Å². The van der Waals surface area contributed by atoms with E-state index in [1.54, 1.807) is 12.1 Å². The van der Waals surface area contributed by atoms with Crippen molar-refractivity contribution in [3.63, 3.8) is 0 Å². The SMILES string of the molecule is CC(C)(C)CC(C)(C)NC[C@@H](O)COc1ccccc1Cl. The minimum absolute atomic E-state index is 0.0242. The van der Waals surface area contributed by atoms with E-state index in [2.05, 4.69) is 39.9 Å². The molecule has 0 saturated carbocycles. The van der Waals surface area contributed by atoms with E-state index >= 15 is 0 Å². The molecule has 1 aromatic carbocycles. The van der Waals surface area contributed by atoms with Crippen LogP contribution in [-0.2, 0) is 0 Å². The van der Waals surface area contributed by atoms with Crippen LogP contribution >= 0.6 is 11.6 Å². The zero-order valence-electron chi connectivity index (χ0n) is 13.7. The van der Waals surface area contributed by atoms with Gasteiger partial charge in [-0.1, -0.05) is 44.5 Å². The summed E-state index contributed by atoms with van der Waals surface area (Å²) in [5.74, 6) is 0.604. The summed E-state index contributed by atoms with van der Waals surface area (Å²) in [5, 5.41) is 14.0. The van der Waals surface area contributed by atoms with Crippen molar-refractivity contribution in [2.75, 3.05) is 13.2 Å². The Morgan fingerprint density at radius 1 is 1.19 bits per heavy atom. The smallest absolute Gasteiger partial charge is 0.138 e. The summed E-state index contributed by atoms with van der Waals surface area (Å²) in [7, 11) is 0. The first-order chi connectivity index (χ1) is 9.59. The van der Waals surface area contributed by atoms with Crippen LogP contribution in [0.2, 0.25) is 5.02 Å². The second-order valence-electron chi connectivity index (χ2n) is 7.40. The molecule has 0 aliphatic rings. The van der Waals surface area contributed by atoms with E-state index in [0.717, 1.165) is 6.42 Å². The Morgan fingerprint density at radius 3 is 2.38 bits per heavy atom. The fourth-order valence-electron chi connectivity index (χ4n) is 2.59. The van der Waals surface area contributed by atoms with E-state index in [9.17, 15) is 5.11 Å². The summed E-state index contributed by atoms with van der Waals surface area (Å²) in [6.45, 7) is 11.7. The van der Waals surface area contributed by atoms with Gasteiger partial charge in [0.05, 0.1) is 5.02 Å². The summed E-state index contributed by atoms with van der Waals surface area (Å²) in [6.07, 6.45) is 0.457. The van der Waals surface area contributed by atoms with Crippen molar-refractivity contribution in [3.05, 3.63) is 29.3 Å². The lowest BCUT2D eigenvalue weighted by Gasteiger charge is -2.34. The molecule has 0 heterocycles. The number of β-amino-alcohol motifs (C(OH)–C–C–N with tert-alkyl or cyclic N) is 1. The molecule has 0 aliphatic carbocycles. The highest BCUT2D eigenvalue weighted by Gasteiger charge is 2.25. The van der Waals surface area contributed by atoms with Crippen LogP contribution in [0, 0.1) is 5.41 Å². The number of halogens is 1. The third-order valence-electron chi connectivity index (χ3n) is 3.06. The van der Waals surface area contributed by atoms with Crippen LogP contribution in [0.3, 0.4) is 0 Å². The van der Waals surface area contributed by atoms with Crippen molar-refractivity contribution in [1.29, 1.82) is 0 Å². The van der Waals surface area contributed by atoms with Gasteiger partial charge in [-0.15, -0.1) is 0 Å². The van der Waals surface area contributed by atoms with Crippen molar-refractivity contribution in [2.24, 2.45) is 5.41 Å². The zero-order chi connectivity index (χ0) is 16.1. The lowest BCUT2D eigenvalue weighted by atomic mass is 9.82. The second-order valence-corrected chi connectivity index (χ2v) is 7.80. The number of hydrogen-bond acceptors (Lipinski definition) is 3. The lowest BCUT2D eigenvalue weighted by Crippen LogP contribution is -2.46. The van der Waals surface area contributed by atoms with Gasteiger partial charge in [-0.25, -0.2) is 0 Å². The Morgan fingerprint density at radius 2 is 1.81 bits per heavy atom. The van der Waals surface area contributed by atoms with Crippen molar-refractivity contribution >= 4 is 11.6 Å². The number of aliphatic hydroxyl groups is 1. The normalized spacial score (nSPS) is 14.0. The molecule has 21 heavy (non-hydrogen) atoms. The van der Waals surface area contributed by atoms with Gasteiger partial charge in [0, 0.05) is 12.1 Å². The quantitative estimate of drug-likeness (QED) is 0.802. The molecule has 0 aromatic heterocycles. The number of benzene rings is 1. The van der Waals surface area contributed by atoms with Gasteiger partial charge in [-0.3, -0.25) is 0 Å². The number of aliphatic hydroxyl groups excluding tert-OH is 1. The first-order valence-corrected chi connectivity index (χ1v) is 7.77.